The van der Waals surface area contributed by atoms with E-state index in [9.17, 15) is 22.0 Å². The Hall–Kier alpha value is -3.33. The Bertz CT molecular complexity index is 1750. The van der Waals surface area contributed by atoms with Gasteiger partial charge in [-0.25, -0.2) is 46.1 Å². The zero-order chi connectivity index (χ0) is 31.8. The number of piperidine rings is 1. The normalized spacial score (nSPS) is 18.2. The number of benzene rings is 1. The van der Waals surface area contributed by atoms with E-state index in [-0.39, 0.29) is 28.9 Å². The van der Waals surface area contributed by atoms with Crippen molar-refractivity contribution in [2.45, 2.75) is 62.5 Å². The number of carbonyl (C=O) groups is 1. The summed E-state index contributed by atoms with van der Waals surface area (Å²) in [7, 11) is -4.63. The lowest BCUT2D eigenvalue weighted by Gasteiger charge is -2.32. The molecule has 0 bridgehead atoms. The maximum Gasteiger partial charge on any atom is 0.410 e. The maximum atomic E-state index is 16.1. The fourth-order valence-electron chi connectivity index (χ4n) is 4.88. The Morgan fingerprint density at radius 1 is 1.14 bits per heavy atom. The minimum Gasteiger partial charge on any atom is -0.444 e. The van der Waals surface area contributed by atoms with E-state index >= 15 is 4.39 Å². The van der Waals surface area contributed by atoms with Gasteiger partial charge in [0.15, 0.2) is 0 Å². The number of thiazole rings is 1. The van der Waals surface area contributed by atoms with Crippen LogP contribution in [0.25, 0.3) is 16.1 Å². The number of nitrogens with zero attached hydrogens (tertiary/aromatic N) is 4. The molecule has 1 fully saturated rings. The largest absolute Gasteiger partial charge is 0.444 e. The number of sulfonamides is 1. The van der Waals surface area contributed by atoms with Crippen LogP contribution in [0.2, 0.25) is 5.28 Å². The Morgan fingerprint density at radius 2 is 1.86 bits per heavy atom. The van der Waals surface area contributed by atoms with Crippen molar-refractivity contribution in [3.05, 3.63) is 76.1 Å². The molecule has 3 heterocycles. The molecule has 1 amide bonds. The van der Waals surface area contributed by atoms with Crippen molar-refractivity contribution in [1.29, 1.82) is 0 Å². The molecule has 15 heteroatoms. The molecule has 5 rings (SSSR count). The molecule has 1 N–H and O–H groups in total. The molecule has 0 radical (unpaired) electrons. The average molecular weight is 668 g/mol. The smallest absolute Gasteiger partial charge is 0.410 e. The summed E-state index contributed by atoms with van der Waals surface area (Å²) < 4.78 is 77.6. The van der Waals surface area contributed by atoms with Crippen LogP contribution in [0, 0.1) is 11.6 Å². The minimum atomic E-state index is -4.63. The molecule has 1 aliphatic heterocycles. The van der Waals surface area contributed by atoms with Gasteiger partial charge in [-0.2, -0.15) is 0 Å². The number of carbonyl (C=O) groups excluding carboxylic acids is 1. The van der Waals surface area contributed by atoms with E-state index in [1.165, 1.54) is 23.6 Å². The number of aromatic nitrogens is 3. The quantitative estimate of drug-likeness (QED) is 0.293. The highest BCUT2D eigenvalue weighted by Crippen LogP contribution is 2.42. The summed E-state index contributed by atoms with van der Waals surface area (Å²) in [5.41, 5.74) is 0.0217. The lowest BCUT2D eigenvalue weighted by Crippen LogP contribution is -2.41. The molecule has 1 unspecified atom stereocenters. The SMILES string of the molecule is CC(C)(C)OC(=O)N1CCC(c2nc(C3=C(F)C(NS(=O)(=O)c4cc(F)ccc4F)CC=C3)c(-c3ccnc(Cl)n3)s2)CC1. The number of halogens is 4. The molecule has 1 atom stereocenters. The zero-order valence-corrected chi connectivity index (χ0v) is 26.4. The number of amides is 1. The molecule has 0 saturated carbocycles. The van der Waals surface area contributed by atoms with Crippen molar-refractivity contribution in [1.82, 2.24) is 24.6 Å². The summed E-state index contributed by atoms with van der Waals surface area (Å²) in [6.07, 6.45) is 5.25. The van der Waals surface area contributed by atoms with E-state index < -0.39 is 50.1 Å². The third-order valence-electron chi connectivity index (χ3n) is 6.95. The van der Waals surface area contributed by atoms with Crippen molar-refractivity contribution in [2.75, 3.05) is 13.1 Å². The molecule has 0 spiro atoms. The van der Waals surface area contributed by atoms with Gasteiger partial charge < -0.3 is 9.64 Å². The first kappa shape index (κ1) is 32.1. The molecule has 2 aliphatic rings. The number of hydrogen-bond acceptors (Lipinski definition) is 8. The molecular formula is C29H29ClF3N5O4S2. The van der Waals surface area contributed by atoms with E-state index in [1.807, 2.05) is 0 Å². The van der Waals surface area contributed by atoms with Gasteiger partial charge in [0.2, 0.25) is 15.3 Å². The van der Waals surface area contributed by atoms with Gasteiger partial charge in [0.05, 0.1) is 27.3 Å². The second kappa shape index (κ2) is 12.6. The highest BCUT2D eigenvalue weighted by Gasteiger charge is 2.33. The monoisotopic (exact) mass is 667 g/mol. The van der Waals surface area contributed by atoms with Gasteiger partial charge in [0.1, 0.15) is 28.0 Å². The van der Waals surface area contributed by atoms with Gasteiger partial charge in [-0.05, 0) is 75.9 Å². The van der Waals surface area contributed by atoms with Gasteiger partial charge in [0, 0.05) is 30.8 Å². The Morgan fingerprint density at radius 3 is 2.55 bits per heavy atom. The highest BCUT2D eigenvalue weighted by atomic mass is 35.5. The lowest BCUT2D eigenvalue weighted by atomic mass is 9.96. The van der Waals surface area contributed by atoms with Gasteiger partial charge in [0.25, 0.3) is 0 Å². The van der Waals surface area contributed by atoms with E-state index in [1.54, 1.807) is 37.8 Å². The van der Waals surface area contributed by atoms with Gasteiger partial charge in [-0.15, -0.1) is 11.3 Å². The minimum absolute atomic E-state index is 0.0158. The van der Waals surface area contributed by atoms with Gasteiger partial charge >= 0.3 is 6.09 Å². The first-order valence-electron chi connectivity index (χ1n) is 13.7. The van der Waals surface area contributed by atoms with Crippen molar-refractivity contribution in [3.63, 3.8) is 0 Å². The second-order valence-corrected chi connectivity index (χ2v) is 14.4. The van der Waals surface area contributed by atoms with Crippen LogP contribution in [0.5, 0.6) is 0 Å². The fraction of sp³-hybridized carbons (Fsp3) is 0.379. The molecule has 2 aromatic heterocycles. The third kappa shape index (κ3) is 7.14. The Balaban J connectivity index is 1.47. The highest BCUT2D eigenvalue weighted by molar-refractivity contribution is 7.89. The van der Waals surface area contributed by atoms with E-state index in [0.29, 0.717) is 53.6 Å². The van der Waals surface area contributed by atoms with Crippen LogP contribution in [0.1, 0.15) is 56.7 Å². The van der Waals surface area contributed by atoms with Gasteiger partial charge in [-0.1, -0.05) is 12.2 Å². The molecule has 234 valence electrons. The van der Waals surface area contributed by atoms with Crippen molar-refractivity contribution >= 4 is 44.6 Å². The topological polar surface area (TPSA) is 114 Å². The summed E-state index contributed by atoms with van der Waals surface area (Å²) in [6, 6.07) is 2.23. The second-order valence-electron chi connectivity index (χ2n) is 11.3. The maximum absolute atomic E-state index is 16.1. The van der Waals surface area contributed by atoms with Crippen LogP contribution in [-0.2, 0) is 14.8 Å². The predicted molar refractivity (Wildman–Crippen MR) is 160 cm³/mol. The Kier molecular flexibility index (Phi) is 9.17. The average Bonchev–Trinajstić information content (AvgIpc) is 3.40. The van der Waals surface area contributed by atoms with E-state index in [2.05, 4.69) is 14.7 Å². The van der Waals surface area contributed by atoms with Crippen LogP contribution in [0.4, 0.5) is 18.0 Å². The van der Waals surface area contributed by atoms with Crippen LogP contribution >= 0.6 is 22.9 Å². The predicted octanol–water partition coefficient (Wildman–Crippen LogP) is 6.63. The van der Waals surface area contributed by atoms with E-state index in [4.69, 9.17) is 21.3 Å². The molecule has 1 aromatic carbocycles. The molecule has 44 heavy (non-hydrogen) atoms. The number of nitrogens with one attached hydrogen (secondary N) is 1. The number of hydrogen-bond donors (Lipinski definition) is 1. The summed E-state index contributed by atoms with van der Waals surface area (Å²) in [5.74, 6) is -3.01. The first-order valence-corrected chi connectivity index (χ1v) is 16.4. The number of allylic oxidation sites excluding steroid dienone is 2. The van der Waals surface area contributed by atoms with Gasteiger partial charge in [-0.3, -0.25) is 0 Å². The van der Waals surface area contributed by atoms with Crippen LogP contribution in [0.15, 0.2) is 53.3 Å². The zero-order valence-electron chi connectivity index (χ0n) is 24.0. The van der Waals surface area contributed by atoms with Crippen molar-refractivity contribution < 1.29 is 31.1 Å². The first-order chi connectivity index (χ1) is 20.7. The third-order valence-corrected chi connectivity index (χ3v) is 9.86. The van der Waals surface area contributed by atoms with Crippen molar-refractivity contribution in [3.8, 4) is 10.6 Å². The van der Waals surface area contributed by atoms with E-state index in [0.717, 1.165) is 6.07 Å². The molecule has 1 aliphatic carbocycles. The lowest BCUT2D eigenvalue weighted by molar-refractivity contribution is 0.0204. The Labute approximate surface area is 261 Å². The van der Waals surface area contributed by atoms with Crippen LogP contribution in [-0.4, -0.2) is 59.1 Å². The summed E-state index contributed by atoms with van der Waals surface area (Å²) in [4.78, 5) is 26.8. The molecule has 3 aromatic rings. The van der Waals surface area contributed by atoms with Crippen molar-refractivity contribution in [2.24, 2.45) is 0 Å². The molecule has 1 saturated heterocycles. The summed E-state index contributed by atoms with van der Waals surface area (Å²) in [5, 5.41) is 0.664. The summed E-state index contributed by atoms with van der Waals surface area (Å²) >= 11 is 7.36. The number of rotatable bonds is 6. The fourth-order valence-corrected chi connectivity index (χ4v) is 7.54. The number of likely N-dealkylation sites (tertiary alicyclic amines) is 1. The number of ether oxygens (including phenoxy) is 1. The van der Waals surface area contributed by atoms with Crippen LogP contribution in [0.3, 0.4) is 0 Å². The molecule has 9 nitrogen and oxygen atoms in total. The summed E-state index contributed by atoms with van der Waals surface area (Å²) in [6.45, 7) is 6.30. The van der Waals surface area contributed by atoms with Crippen LogP contribution < -0.4 is 4.72 Å². The molecular weight excluding hydrogens is 639 g/mol. The standard InChI is InChI=1S/C29H29ClF3N5O4S2/c1-29(2,3)42-28(39)38-13-10-16(11-14-38)26-36-24(25(43-26)21-9-12-34-27(30)35-21)18-5-4-6-20(23(18)33)37-44(40,41)22-15-17(31)7-8-19(22)32/h4-5,7-9,12,15-16,20,37H,6,10-11,13-14H2,1-3H3.